The zero-order chi connectivity index (χ0) is 15.6. The maximum absolute atomic E-state index is 13.7. The van der Waals surface area contributed by atoms with Crippen LogP contribution in [0, 0.1) is 11.7 Å². The predicted molar refractivity (Wildman–Crippen MR) is 78.8 cm³/mol. The molecule has 2 rings (SSSR count). The number of anilines is 2. The lowest BCUT2D eigenvalue weighted by atomic mass is 9.79. The van der Waals surface area contributed by atoms with Crippen molar-refractivity contribution in [2.75, 3.05) is 17.6 Å². The Morgan fingerprint density at radius 3 is 2.90 bits per heavy atom. The zero-order valence-corrected chi connectivity index (χ0v) is 12.0. The van der Waals surface area contributed by atoms with E-state index in [0.717, 1.165) is 25.0 Å². The molecule has 2 atom stereocenters. The number of nitrogens with two attached hydrogens (primary N) is 1. The molecule has 0 spiro atoms. The molecule has 0 aromatic heterocycles. The van der Waals surface area contributed by atoms with E-state index >= 15 is 0 Å². The fourth-order valence-electron chi connectivity index (χ4n) is 2.96. The van der Waals surface area contributed by atoms with Crippen LogP contribution in [-0.4, -0.2) is 28.3 Å². The van der Waals surface area contributed by atoms with Crippen LogP contribution in [0.1, 0.15) is 43.0 Å². The summed E-state index contributed by atoms with van der Waals surface area (Å²) < 4.78 is 13.7. The molecule has 2 unspecified atom stereocenters. The Hall–Kier alpha value is -1.82. The number of nitrogen functional groups attached to an aromatic ring is 1. The van der Waals surface area contributed by atoms with E-state index in [0.29, 0.717) is 24.4 Å². The second kappa shape index (κ2) is 5.89. The Kier molecular flexibility index (Phi) is 4.37. The van der Waals surface area contributed by atoms with Crippen molar-refractivity contribution in [2.24, 2.45) is 5.92 Å². The van der Waals surface area contributed by atoms with Crippen LogP contribution < -0.4 is 11.1 Å². The minimum absolute atomic E-state index is 0.154. The third kappa shape index (κ3) is 3.64. The molecule has 0 bridgehead atoms. The lowest BCUT2D eigenvalue weighted by Gasteiger charge is -2.36. The Morgan fingerprint density at radius 2 is 2.29 bits per heavy atom. The number of carboxylic acid groups (broad SMARTS) is 1. The third-order valence-electron chi connectivity index (χ3n) is 4.04. The summed E-state index contributed by atoms with van der Waals surface area (Å²) in [5.74, 6) is -1.75. The van der Waals surface area contributed by atoms with E-state index in [1.165, 1.54) is 0 Å². The average molecular weight is 296 g/mol. The molecule has 1 aromatic rings. The quantitative estimate of drug-likeness (QED) is 0.640. The fraction of sp³-hybridized carbons (Fsp3) is 0.533. The van der Waals surface area contributed by atoms with Gasteiger partial charge >= 0.3 is 5.97 Å². The van der Waals surface area contributed by atoms with Crippen LogP contribution >= 0.6 is 0 Å². The fourth-order valence-corrected chi connectivity index (χ4v) is 2.96. The van der Waals surface area contributed by atoms with Crippen LogP contribution in [0.2, 0.25) is 0 Å². The number of nitrogens with one attached hydrogen (secondary N) is 1. The highest BCUT2D eigenvalue weighted by atomic mass is 19.1. The number of benzene rings is 1. The molecular formula is C15H21FN2O3. The van der Waals surface area contributed by atoms with E-state index in [9.17, 15) is 14.3 Å². The number of carboxylic acids is 1. The maximum atomic E-state index is 13.7. The number of halogens is 1. The van der Waals surface area contributed by atoms with Gasteiger partial charge in [0.25, 0.3) is 0 Å². The van der Waals surface area contributed by atoms with Gasteiger partial charge in [0.1, 0.15) is 5.82 Å². The van der Waals surface area contributed by atoms with Crippen molar-refractivity contribution >= 4 is 17.3 Å². The van der Waals surface area contributed by atoms with E-state index < -0.39 is 23.0 Å². The van der Waals surface area contributed by atoms with E-state index in [2.05, 4.69) is 12.2 Å². The molecule has 1 aliphatic carbocycles. The number of hydrogen-bond donors (Lipinski definition) is 4. The summed E-state index contributed by atoms with van der Waals surface area (Å²) in [5, 5.41) is 22.3. The van der Waals surface area contributed by atoms with Crippen LogP contribution in [0.5, 0.6) is 0 Å². The summed E-state index contributed by atoms with van der Waals surface area (Å²) in [5.41, 5.74) is 4.92. The van der Waals surface area contributed by atoms with Gasteiger partial charge in [-0.2, -0.15) is 0 Å². The van der Waals surface area contributed by atoms with Crippen molar-refractivity contribution in [1.82, 2.24) is 0 Å². The van der Waals surface area contributed by atoms with Crippen molar-refractivity contribution in [3.05, 3.63) is 23.5 Å². The summed E-state index contributed by atoms with van der Waals surface area (Å²) in [7, 11) is 0. The molecular weight excluding hydrogens is 275 g/mol. The smallest absolute Gasteiger partial charge is 0.338 e. The van der Waals surface area contributed by atoms with Crippen LogP contribution in [0.4, 0.5) is 15.8 Å². The predicted octanol–water partition coefficient (Wildman–Crippen LogP) is 2.46. The van der Waals surface area contributed by atoms with Crippen LogP contribution in [-0.2, 0) is 0 Å². The lowest BCUT2D eigenvalue weighted by molar-refractivity contribution is -0.000765. The van der Waals surface area contributed by atoms with Gasteiger partial charge in [-0.05, 0) is 30.9 Å². The van der Waals surface area contributed by atoms with Crippen molar-refractivity contribution in [1.29, 1.82) is 0 Å². The first kappa shape index (κ1) is 15.6. The lowest BCUT2D eigenvalue weighted by Crippen LogP contribution is -2.41. The average Bonchev–Trinajstić information content (AvgIpc) is 2.38. The van der Waals surface area contributed by atoms with Gasteiger partial charge in [0.2, 0.25) is 0 Å². The van der Waals surface area contributed by atoms with Gasteiger partial charge in [0.15, 0.2) is 0 Å². The summed E-state index contributed by atoms with van der Waals surface area (Å²) in [4.78, 5) is 10.8. The molecule has 5 N–H and O–H groups in total. The minimum Gasteiger partial charge on any atom is -0.478 e. The topological polar surface area (TPSA) is 95.6 Å². The first-order valence-corrected chi connectivity index (χ1v) is 7.09. The van der Waals surface area contributed by atoms with Gasteiger partial charge < -0.3 is 21.3 Å². The third-order valence-corrected chi connectivity index (χ3v) is 4.04. The second-order valence-corrected chi connectivity index (χ2v) is 6.00. The van der Waals surface area contributed by atoms with Gasteiger partial charge in [0, 0.05) is 6.54 Å². The summed E-state index contributed by atoms with van der Waals surface area (Å²) in [6.45, 7) is 2.37. The Bertz CT molecular complexity index is 550. The number of rotatable bonds is 4. The highest BCUT2D eigenvalue weighted by Crippen LogP contribution is 2.33. The van der Waals surface area contributed by atoms with Crippen molar-refractivity contribution in [2.45, 2.75) is 38.2 Å². The van der Waals surface area contributed by atoms with Crippen LogP contribution in [0.25, 0.3) is 0 Å². The van der Waals surface area contributed by atoms with E-state index in [4.69, 9.17) is 10.8 Å². The van der Waals surface area contributed by atoms with Gasteiger partial charge in [0.05, 0.1) is 22.5 Å². The van der Waals surface area contributed by atoms with Crippen molar-refractivity contribution < 1.29 is 19.4 Å². The molecule has 21 heavy (non-hydrogen) atoms. The monoisotopic (exact) mass is 296 g/mol. The second-order valence-electron chi connectivity index (χ2n) is 6.00. The Morgan fingerprint density at radius 1 is 1.57 bits per heavy atom. The van der Waals surface area contributed by atoms with E-state index in [1.54, 1.807) is 0 Å². The highest BCUT2D eigenvalue weighted by Gasteiger charge is 2.32. The molecule has 1 aromatic carbocycles. The summed E-state index contributed by atoms with van der Waals surface area (Å²) in [6.07, 6.45) is 3.45. The Labute approximate surface area is 123 Å². The molecule has 0 heterocycles. The molecule has 5 nitrogen and oxygen atoms in total. The maximum Gasteiger partial charge on any atom is 0.338 e. The molecule has 6 heteroatoms. The molecule has 116 valence electrons. The molecule has 1 aliphatic rings. The number of hydrogen-bond acceptors (Lipinski definition) is 4. The molecule has 0 saturated heterocycles. The molecule has 1 saturated carbocycles. The van der Waals surface area contributed by atoms with Crippen LogP contribution in [0.15, 0.2) is 12.1 Å². The first-order chi connectivity index (χ1) is 9.81. The summed E-state index contributed by atoms with van der Waals surface area (Å²) in [6, 6.07) is 2.15. The van der Waals surface area contributed by atoms with Crippen LogP contribution in [0.3, 0.4) is 0 Å². The number of aromatic carboxylic acids is 1. The molecule has 1 fully saturated rings. The largest absolute Gasteiger partial charge is 0.478 e. The first-order valence-electron chi connectivity index (χ1n) is 7.09. The van der Waals surface area contributed by atoms with Crippen molar-refractivity contribution in [3.63, 3.8) is 0 Å². The molecule has 0 amide bonds. The van der Waals surface area contributed by atoms with E-state index in [-0.39, 0.29) is 12.2 Å². The van der Waals surface area contributed by atoms with Gasteiger partial charge in [-0.25, -0.2) is 9.18 Å². The number of carbonyl (C=O) groups is 1. The summed E-state index contributed by atoms with van der Waals surface area (Å²) >= 11 is 0. The highest BCUT2D eigenvalue weighted by molar-refractivity contribution is 5.90. The standard InChI is InChI=1S/C15H21FN2O3/c1-9-3-2-4-15(21,7-9)8-18-13-6-11(16)10(14(19)20)5-12(13)17/h5-6,9,18,21H,2-4,7-8,17H2,1H3,(H,19,20). The van der Waals surface area contributed by atoms with Gasteiger partial charge in [-0.3, -0.25) is 0 Å². The number of aliphatic hydroxyl groups is 1. The minimum atomic E-state index is -1.36. The molecule has 0 aliphatic heterocycles. The normalized spacial score (nSPS) is 25.6. The SMILES string of the molecule is CC1CCCC(O)(CNc2cc(F)c(C(=O)O)cc2N)C1. The zero-order valence-electron chi connectivity index (χ0n) is 12.0. The van der Waals surface area contributed by atoms with Gasteiger partial charge in [-0.1, -0.05) is 19.8 Å². The molecule has 0 radical (unpaired) electrons. The van der Waals surface area contributed by atoms with E-state index in [1.807, 2.05) is 0 Å². The van der Waals surface area contributed by atoms with Crippen molar-refractivity contribution in [3.8, 4) is 0 Å². The van der Waals surface area contributed by atoms with Gasteiger partial charge in [-0.15, -0.1) is 0 Å². The Balaban J connectivity index is 2.10.